The lowest BCUT2D eigenvalue weighted by Crippen LogP contribution is -2.11. The largest absolute Gasteiger partial charge is 0.484 e. The Hall–Kier alpha value is -0.970. The fourth-order valence-electron chi connectivity index (χ4n) is 1.60. The van der Waals surface area contributed by atoms with Gasteiger partial charge in [-0.3, -0.25) is 4.79 Å². The Bertz CT molecular complexity index is 614. The van der Waals surface area contributed by atoms with Crippen molar-refractivity contribution in [1.82, 2.24) is 0 Å². The number of halogens is 2. The van der Waals surface area contributed by atoms with E-state index < -0.39 is 0 Å². The molecular weight excluding hydrogens is 360 g/mol. The van der Waals surface area contributed by atoms with Crippen LogP contribution in [0.2, 0.25) is 5.02 Å². The van der Waals surface area contributed by atoms with Crippen LogP contribution in [-0.4, -0.2) is 18.6 Å². The predicted octanol–water partition coefficient (Wildman–Crippen LogP) is 5.09. The molecule has 0 amide bonds. The first kappa shape index (κ1) is 15.4. The van der Waals surface area contributed by atoms with Gasteiger partial charge in [0.25, 0.3) is 0 Å². The van der Waals surface area contributed by atoms with E-state index in [9.17, 15) is 4.79 Å². The minimum atomic E-state index is -0.0560. The third-order valence-corrected chi connectivity index (χ3v) is 4.26. The lowest BCUT2D eigenvalue weighted by atomic mass is 10.1. The van der Waals surface area contributed by atoms with Crippen molar-refractivity contribution in [3.8, 4) is 5.75 Å². The molecule has 20 heavy (non-hydrogen) atoms. The summed E-state index contributed by atoms with van der Waals surface area (Å²) in [6.07, 6.45) is 2.00. The van der Waals surface area contributed by atoms with E-state index in [1.807, 2.05) is 30.5 Å². The monoisotopic (exact) mass is 370 g/mol. The molecule has 104 valence electrons. The Labute approximate surface area is 135 Å². The van der Waals surface area contributed by atoms with E-state index in [1.165, 1.54) is 0 Å². The van der Waals surface area contributed by atoms with Gasteiger partial charge in [-0.1, -0.05) is 23.7 Å². The highest BCUT2D eigenvalue weighted by atomic mass is 79.9. The fraction of sp³-hybridized carbons (Fsp3) is 0.133. The van der Waals surface area contributed by atoms with E-state index in [1.54, 1.807) is 30.0 Å². The Balaban J connectivity index is 2.00. The van der Waals surface area contributed by atoms with Gasteiger partial charge in [0.05, 0.1) is 4.47 Å². The molecule has 0 saturated carbocycles. The molecule has 0 unspecified atom stereocenters. The van der Waals surface area contributed by atoms with Gasteiger partial charge in [-0.15, -0.1) is 11.8 Å². The molecule has 0 N–H and O–H groups in total. The van der Waals surface area contributed by atoms with Crippen molar-refractivity contribution in [1.29, 1.82) is 0 Å². The van der Waals surface area contributed by atoms with Gasteiger partial charge < -0.3 is 4.74 Å². The Morgan fingerprint density at radius 2 is 1.95 bits per heavy atom. The van der Waals surface area contributed by atoms with Gasteiger partial charge in [-0.05, 0) is 52.5 Å². The van der Waals surface area contributed by atoms with Crippen LogP contribution in [0.15, 0.2) is 51.8 Å². The number of thioether (sulfide) groups is 1. The maximum atomic E-state index is 12.0. The number of ether oxygens (including phenoxy) is 1. The first-order valence-corrected chi connectivity index (χ1v) is 8.25. The summed E-state index contributed by atoms with van der Waals surface area (Å²) in [5, 5.41) is 0.614. The van der Waals surface area contributed by atoms with Crippen LogP contribution in [-0.2, 0) is 0 Å². The minimum Gasteiger partial charge on any atom is -0.484 e. The summed E-state index contributed by atoms with van der Waals surface area (Å²) in [5.74, 6) is 0.544. The molecule has 2 aromatic rings. The second-order valence-electron chi connectivity index (χ2n) is 4.02. The van der Waals surface area contributed by atoms with Crippen LogP contribution in [0.25, 0.3) is 0 Å². The number of benzene rings is 2. The summed E-state index contributed by atoms with van der Waals surface area (Å²) in [6.45, 7) is -0.00114. The van der Waals surface area contributed by atoms with Crippen LogP contribution in [0.3, 0.4) is 0 Å². The summed E-state index contributed by atoms with van der Waals surface area (Å²) in [4.78, 5) is 13.2. The SMILES string of the molecule is CSc1ccc(C(=O)COc2ccc(Cl)cc2Br)cc1. The average molecular weight is 372 g/mol. The second kappa shape index (κ2) is 7.16. The van der Waals surface area contributed by atoms with E-state index in [0.29, 0.717) is 16.3 Å². The first-order valence-electron chi connectivity index (χ1n) is 5.85. The van der Waals surface area contributed by atoms with Crippen LogP contribution >= 0.6 is 39.3 Å². The fourth-order valence-corrected chi connectivity index (χ4v) is 2.80. The molecule has 2 aromatic carbocycles. The third kappa shape index (κ3) is 4.01. The van der Waals surface area contributed by atoms with E-state index in [2.05, 4.69) is 15.9 Å². The first-order chi connectivity index (χ1) is 9.60. The number of hydrogen-bond donors (Lipinski definition) is 0. The van der Waals surface area contributed by atoms with E-state index in [-0.39, 0.29) is 12.4 Å². The molecule has 0 radical (unpaired) electrons. The topological polar surface area (TPSA) is 26.3 Å². The van der Waals surface area contributed by atoms with E-state index in [4.69, 9.17) is 16.3 Å². The molecule has 0 aromatic heterocycles. The highest BCUT2D eigenvalue weighted by Gasteiger charge is 2.08. The van der Waals surface area contributed by atoms with Crippen molar-refractivity contribution in [2.24, 2.45) is 0 Å². The van der Waals surface area contributed by atoms with Crippen LogP contribution in [0.1, 0.15) is 10.4 Å². The number of carbonyl (C=O) groups is 1. The molecular formula is C15H12BrClO2S. The smallest absolute Gasteiger partial charge is 0.200 e. The zero-order valence-corrected chi connectivity index (χ0v) is 13.9. The molecule has 0 aliphatic carbocycles. The van der Waals surface area contributed by atoms with Gasteiger partial charge in [0.15, 0.2) is 12.4 Å². The van der Waals surface area contributed by atoms with Crippen LogP contribution in [0.5, 0.6) is 5.75 Å². The lowest BCUT2D eigenvalue weighted by molar-refractivity contribution is 0.0921. The summed E-state index contributed by atoms with van der Waals surface area (Å²) in [7, 11) is 0. The normalized spacial score (nSPS) is 10.3. The van der Waals surface area contributed by atoms with Gasteiger partial charge in [0.1, 0.15) is 5.75 Å². The van der Waals surface area contributed by atoms with Gasteiger partial charge in [-0.2, -0.15) is 0 Å². The van der Waals surface area contributed by atoms with Crippen molar-refractivity contribution < 1.29 is 9.53 Å². The Morgan fingerprint density at radius 3 is 2.55 bits per heavy atom. The molecule has 0 aliphatic heterocycles. The Morgan fingerprint density at radius 1 is 1.25 bits per heavy atom. The van der Waals surface area contributed by atoms with Crippen molar-refractivity contribution in [2.45, 2.75) is 4.90 Å². The number of carbonyl (C=O) groups excluding carboxylic acids is 1. The molecule has 5 heteroatoms. The van der Waals surface area contributed by atoms with Crippen molar-refractivity contribution in [3.05, 3.63) is 57.5 Å². The average Bonchev–Trinajstić information content (AvgIpc) is 2.46. The molecule has 2 nitrogen and oxygen atoms in total. The predicted molar refractivity (Wildman–Crippen MR) is 87.2 cm³/mol. The van der Waals surface area contributed by atoms with Gasteiger partial charge in [0.2, 0.25) is 0 Å². The number of Topliss-reactive ketones (excluding diaryl/α,β-unsaturated/α-hetero) is 1. The number of rotatable bonds is 5. The number of hydrogen-bond acceptors (Lipinski definition) is 3. The van der Waals surface area contributed by atoms with Crippen molar-refractivity contribution in [3.63, 3.8) is 0 Å². The summed E-state index contributed by atoms with van der Waals surface area (Å²) < 4.78 is 6.24. The summed E-state index contributed by atoms with van der Waals surface area (Å²) in [5.41, 5.74) is 0.646. The van der Waals surface area contributed by atoms with Gasteiger partial charge in [0, 0.05) is 15.5 Å². The van der Waals surface area contributed by atoms with Gasteiger partial charge >= 0.3 is 0 Å². The van der Waals surface area contributed by atoms with Crippen LogP contribution in [0.4, 0.5) is 0 Å². The quantitative estimate of drug-likeness (QED) is 0.541. The maximum absolute atomic E-state index is 12.0. The van der Waals surface area contributed by atoms with E-state index >= 15 is 0 Å². The van der Waals surface area contributed by atoms with Crippen molar-refractivity contribution >= 4 is 45.1 Å². The van der Waals surface area contributed by atoms with Crippen molar-refractivity contribution in [2.75, 3.05) is 12.9 Å². The molecule has 0 bridgehead atoms. The molecule has 2 rings (SSSR count). The third-order valence-electron chi connectivity index (χ3n) is 2.66. The van der Waals surface area contributed by atoms with Gasteiger partial charge in [-0.25, -0.2) is 0 Å². The zero-order chi connectivity index (χ0) is 14.5. The van der Waals surface area contributed by atoms with E-state index in [0.717, 1.165) is 9.37 Å². The zero-order valence-electron chi connectivity index (χ0n) is 10.7. The minimum absolute atomic E-state index is 0.00114. The van der Waals surface area contributed by atoms with Crippen LogP contribution in [0, 0.1) is 0 Å². The lowest BCUT2D eigenvalue weighted by Gasteiger charge is -2.08. The summed E-state index contributed by atoms with van der Waals surface area (Å²) >= 11 is 10.8. The molecule has 0 spiro atoms. The highest BCUT2D eigenvalue weighted by molar-refractivity contribution is 9.10. The molecule has 0 heterocycles. The number of ketones is 1. The molecule has 0 aliphatic rings. The maximum Gasteiger partial charge on any atom is 0.200 e. The molecule has 0 saturated heterocycles. The standard InChI is InChI=1S/C15H12BrClO2S/c1-20-12-5-2-10(3-6-12)14(18)9-19-15-7-4-11(17)8-13(15)16/h2-8H,9H2,1H3. The second-order valence-corrected chi connectivity index (χ2v) is 6.19. The Kier molecular flexibility index (Phi) is 5.52. The highest BCUT2D eigenvalue weighted by Crippen LogP contribution is 2.28. The molecule has 0 atom stereocenters. The molecule has 0 fully saturated rings. The van der Waals surface area contributed by atoms with Crippen LogP contribution < -0.4 is 4.74 Å². The summed E-state index contributed by atoms with van der Waals surface area (Å²) in [6, 6.07) is 12.7.